The third-order valence-electron chi connectivity index (χ3n) is 2.35. The van der Waals surface area contributed by atoms with Gasteiger partial charge in [0.1, 0.15) is 5.01 Å². The second-order valence-electron chi connectivity index (χ2n) is 3.39. The van der Waals surface area contributed by atoms with Crippen molar-refractivity contribution in [1.29, 1.82) is 0 Å². The molecule has 74 valence electrons. The van der Waals surface area contributed by atoms with Crippen molar-refractivity contribution in [3.8, 4) is 10.6 Å². The first-order valence-corrected chi connectivity index (χ1v) is 6.44. The van der Waals surface area contributed by atoms with Crippen LogP contribution in [0.3, 0.4) is 0 Å². The molecule has 0 saturated carbocycles. The van der Waals surface area contributed by atoms with Gasteiger partial charge in [0.2, 0.25) is 0 Å². The summed E-state index contributed by atoms with van der Waals surface area (Å²) in [6.45, 7) is 2.13. The Labute approximate surface area is 96.0 Å². The minimum atomic E-state index is 1.12. The van der Waals surface area contributed by atoms with Gasteiger partial charge in [0.25, 0.3) is 0 Å². The predicted octanol–water partition coefficient (Wildman–Crippen LogP) is 4.33. The van der Waals surface area contributed by atoms with Crippen LogP contribution in [0, 0.1) is 6.92 Å². The molecule has 0 N–H and O–H groups in total. The van der Waals surface area contributed by atoms with E-state index in [1.54, 1.807) is 22.7 Å². The van der Waals surface area contributed by atoms with Gasteiger partial charge in [-0.25, -0.2) is 4.98 Å². The molecule has 1 nitrogen and oxygen atoms in total. The number of benzene rings is 1. The minimum Gasteiger partial charge on any atom is -0.235 e. The summed E-state index contributed by atoms with van der Waals surface area (Å²) in [6.07, 6.45) is 0. The summed E-state index contributed by atoms with van der Waals surface area (Å²) in [6, 6.07) is 10.4. The zero-order valence-electron chi connectivity index (χ0n) is 8.23. The van der Waals surface area contributed by atoms with Crippen LogP contribution in [-0.4, -0.2) is 4.98 Å². The van der Waals surface area contributed by atoms with Crippen molar-refractivity contribution < 1.29 is 0 Å². The van der Waals surface area contributed by atoms with Gasteiger partial charge in [0.15, 0.2) is 0 Å². The minimum absolute atomic E-state index is 1.12. The summed E-state index contributed by atoms with van der Waals surface area (Å²) in [4.78, 5) is 5.98. The van der Waals surface area contributed by atoms with E-state index in [2.05, 4.69) is 41.6 Å². The third kappa shape index (κ3) is 1.48. The highest BCUT2D eigenvalue weighted by Crippen LogP contribution is 2.34. The van der Waals surface area contributed by atoms with E-state index in [0.717, 1.165) is 5.01 Å². The van der Waals surface area contributed by atoms with E-state index in [0.29, 0.717) is 0 Å². The number of hydrogen-bond donors (Lipinski definition) is 0. The molecule has 0 amide bonds. The highest BCUT2D eigenvalue weighted by Gasteiger charge is 2.08. The summed E-state index contributed by atoms with van der Waals surface area (Å²) in [5.41, 5.74) is 2.38. The summed E-state index contributed by atoms with van der Waals surface area (Å²) in [5, 5.41) is 3.31. The number of fused-ring (bicyclic) bond motifs is 1. The van der Waals surface area contributed by atoms with Crippen LogP contribution in [0.25, 0.3) is 20.8 Å². The number of hydrogen-bond acceptors (Lipinski definition) is 3. The largest absolute Gasteiger partial charge is 0.235 e. The van der Waals surface area contributed by atoms with Crippen molar-refractivity contribution in [2.75, 3.05) is 0 Å². The maximum Gasteiger partial charge on any atom is 0.124 e. The molecule has 0 saturated heterocycles. The van der Waals surface area contributed by atoms with Gasteiger partial charge in [0, 0.05) is 15.8 Å². The van der Waals surface area contributed by atoms with Gasteiger partial charge in [0.05, 0.1) is 10.2 Å². The molecular weight excluding hydrogens is 222 g/mol. The molecule has 0 aliphatic rings. The molecular formula is C12H9NS2. The van der Waals surface area contributed by atoms with Crippen molar-refractivity contribution in [2.24, 2.45) is 0 Å². The van der Waals surface area contributed by atoms with Gasteiger partial charge in [-0.15, -0.1) is 22.7 Å². The number of thiazole rings is 1. The lowest BCUT2D eigenvalue weighted by Crippen LogP contribution is -1.74. The van der Waals surface area contributed by atoms with Gasteiger partial charge in [-0.2, -0.15) is 0 Å². The Morgan fingerprint density at radius 1 is 1.13 bits per heavy atom. The Morgan fingerprint density at radius 3 is 2.67 bits per heavy atom. The van der Waals surface area contributed by atoms with Gasteiger partial charge in [-0.3, -0.25) is 0 Å². The Bertz CT molecular complexity index is 592. The van der Waals surface area contributed by atoms with Crippen molar-refractivity contribution >= 4 is 32.9 Å². The average Bonchev–Trinajstić information content (AvgIpc) is 2.83. The number of nitrogens with zero attached hydrogens (tertiary/aromatic N) is 1. The van der Waals surface area contributed by atoms with E-state index in [1.807, 2.05) is 6.07 Å². The van der Waals surface area contributed by atoms with Crippen LogP contribution in [0.15, 0.2) is 35.7 Å². The molecule has 0 aliphatic heterocycles. The molecule has 0 fully saturated rings. The number of aromatic nitrogens is 1. The fourth-order valence-corrected chi connectivity index (χ4v) is 3.52. The highest BCUT2D eigenvalue weighted by atomic mass is 32.1. The molecule has 15 heavy (non-hydrogen) atoms. The third-order valence-corrected chi connectivity index (χ3v) is 4.45. The molecule has 3 rings (SSSR count). The van der Waals surface area contributed by atoms with Gasteiger partial charge in [-0.05, 0) is 6.92 Å². The zero-order valence-corrected chi connectivity index (χ0v) is 9.86. The lowest BCUT2D eigenvalue weighted by atomic mass is 10.2. The fraction of sp³-hybridized carbons (Fsp3) is 0.0833. The summed E-state index contributed by atoms with van der Waals surface area (Å²) < 4.78 is 1.30. The van der Waals surface area contributed by atoms with E-state index < -0.39 is 0 Å². The average molecular weight is 231 g/mol. The number of rotatable bonds is 1. The molecule has 2 heterocycles. The van der Waals surface area contributed by atoms with Crippen molar-refractivity contribution in [3.05, 3.63) is 40.6 Å². The van der Waals surface area contributed by atoms with Crippen molar-refractivity contribution in [2.45, 2.75) is 6.92 Å². The molecule has 1 aromatic carbocycles. The SMILES string of the molecule is Cc1scc2sc(-c3ccccc3)nc12. The Hall–Kier alpha value is -1.19. The monoisotopic (exact) mass is 231 g/mol. The number of aryl methyl sites for hydroxylation is 1. The highest BCUT2D eigenvalue weighted by molar-refractivity contribution is 7.25. The van der Waals surface area contributed by atoms with Crippen LogP contribution in [0.1, 0.15) is 4.88 Å². The molecule has 2 aromatic heterocycles. The lowest BCUT2D eigenvalue weighted by Gasteiger charge is -1.92. The number of thiophene rings is 1. The van der Waals surface area contributed by atoms with Crippen molar-refractivity contribution in [3.63, 3.8) is 0 Å². The zero-order chi connectivity index (χ0) is 10.3. The van der Waals surface area contributed by atoms with E-state index in [-0.39, 0.29) is 0 Å². The molecule has 0 bridgehead atoms. The van der Waals surface area contributed by atoms with E-state index in [9.17, 15) is 0 Å². The first-order valence-electron chi connectivity index (χ1n) is 4.74. The molecule has 0 aliphatic carbocycles. The van der Waals surface area contributed by atoms with E-state index in [1.165, 1.54) is 20.7 Å². The smallest absolute Gasteiger partial charge is 0.124 e. The standard InChI is InChI=1S/C12H9NS2/c1-8-11-10(7-14-8)15-12(13-11)9-5-3-2-4-6-9/h2-7H,1H3. The van der Waals surface area contributed by atoms with Gasteiger partial charge < -0.3 is 0 Å². The van der Waals surface area contributed by atoms with Crippen molar-refractivity contribution in [1.82, 2.24) is 4.98 Å². The summed E-state index contributed by atoms with van der Waals surface area (Å²) in [7, 11) is 0. The van der Waals surface area contributed by atoms with Gasteiger partial charge in [-0.1, -0.05) is 30.3 Å². The summed E-state index contributed by atoms with van der Waals surface area (Å²) in [5.74, 6) is 0. The maximum atomic E-state index is 4.67. The first-order chi connectivity index (χ1) is 7.34. The van der Waals surface area contributed by atoms with Crippen LogP contribution in [0.2, 0.25) is 0 Å². The second kappa shape index (κ2) is 3.43. The van der Waals surface area contributed by atoms with Crippen LogP contribution in [-0.2, 0) is 0 Å². The molecule has 0 unspecified atom stereocenters. The van der Waals surface area contributed by atoms with Crippen LogP contribution < -0.4 is 0 Å². The first kappa shape index (κ1) is 9.07. The second-order valence-corrected chi connectivity index (χ2v) is 5.50. The molecule has 0 spiro atoms. The van der Waals surface area contributed by atoms with E-state index >= 15 is 0 Å². The topological polar surface area (TPSA) is 12.9 Å². The maximum absolute atomic E-state index is 4.67. The van der Waals surface area contributed by atoms with Gasteiger partial charge >= 0.3 is 0 Å². The Balaban J connectivity index is 2.20. The normalized spacial score (nSPS) is 11.0. The predicted molar refractivity (Wildman–Crippen MR) is 67.7 cm³/mol. The Kier molecular flexibility index (Phi) is 2.08. The molecule has 3 aromatic rings. The Morgan fingerprint density at radius 2 is 1.93 bits per heavy atom. The lowest BCUT2D eigenvalue weighted by molar-refractivity contribution is 1.46. The fourth-order valence-electron chi connectivity index (χ4n) is 1.57. The van der Waals surface area contributed by atoms with Crippen LogP contribution in [0.5, 0.6) is 0 Å². The quantitative estimate of drug-likeness (QED) is 0.607. The summed E-state index contributed by atoms with van der Waals surface area (Å²) >= 11 is 3.55. The van der Waals surface area contributed by atoms with Crippen LogP contribution >= 0.6 is 22.7 Å². The molecule has 0 atom stereocenters. The van der Waals surface area contributed by atoms with Crippen LogP contribution in [0.4, 0.5) is 0 Å². The molecule has 3 heteroatoms. The van der Waals surface area contributed by atoms with E-state index in [4.69, 9.17) is 0 Å². The molecule has 0 radical (unpaired) electrons.